The van der Waals surface area contributed by atoms with Crippen LogP contribution in [0.4, 0.5) is 0 Å². The lowest BCUT2D eigenvalue weighted by Crippen LogP contribution is -3.05. The maximum absolute atomic E-state index is 11.1. The zero-order valence-corrected chi connectivity index (χ0v) is 48.4. The van der Waals surface area contributed by atoms with Crippen molar-refractivity contribution in [3.63, 3.8) is 0 Å². The van der Waals surface area contributed by atoms with E-state index < -0.39 is 17.9 Å². The topological polar surface area (TPSA) is 152 Å². The molecule has 0 amide bonds. The molecule has 0 aromatic heterocycles. The van der Waals surface area contributed by atoms with E-state index in [1.54, 1.807) is 0 Å². The summed E-state index contributed by atoms with van der Waals surface area (Å²) < 4.78 is 18.0. The number of ether oxygens (including phenoxy) is 3. The molecule has 0 saturated heterocycles. The minimum Gasteiger partial charge on any atom is -1.00 e. The van der Waals surface area contributed by atoms with Gasteiger partial charge in [0.1, 0.15) is 37.1 Å². The molecule has 3 heterocycles. The third-order valence-electron chi connectivity index (χ3n) is 13.1. The molecule has 0 radical (unpaired) electrons. The van der Waals surface area contributed by atoms with Gasteiger partial charge in [-0.15, -0.1) is 12.4 Å². The number of quaternary nitrogens is 2. The molecule has 6 aromatic carbocycles. The Balaban J connectivity index is 0.000000248. The molecule has 5 N–H and O–H groups in total. The smallest absolute Gasteiger partial charge is 0.307 e. The molecule has 0 unspecified atom stereocenters. The van der Waals surface area contributed by atoms with E-state index in [2.05, 4.69) is 102 Å². The van der Waals surface area contributed by atoms with Crippen molar-refractivity contribution < 1.29 is 83.1 Å². The van der Waals surface area contributed by atoms with Crippen LogP contribution < -0.4 is 53.4 Å². The van der Waals surface area contributed by atoms with Gasteiger partial charge in [-0.2, -0.15) is 0 Å². The lowest BCUT2D eigenvalue weighted by atomic mass is 9.92. The van der Waals surface area contributed by atoms with Crippen LogP contribution in [0.15, 0.2) is 146 Å². The van der Waals surface area contributed by atoms with Crippen LogP contribution in [0.1, 0.15) is 86.0 Å². The summed E-state index contributed by atoms with van der Waals surface area (Å²) in [5.41, 5.74) is 15.7. The highest BCUT2D eigenvalue weighted by Crippen LogP contribution is 2.40. The van der Waals surface area contributed by atoms with E-state index in [1.165, 1.54) is 20.9 Å². The van der Waals surface area contributed by atoms with E-state index >= 15 is 0 Å². The molecule has 3 aliphatic heterocycles. The van der Waals surface area contributed by atoms with E-state index in [-0.39, 0.29) is 61.1 Å². The molecule has 0 spiro atoms. The second kappa shape index (κ2) is 31.0. The number of aliphatic carboxylic acids is 3. The van der Waals surface area contributed by atoms with Crippen LogP contribution in [0.3, 0.4) is 0 Å². The second-order valence-corrected chi connectivity index (χ2v) is 20.0. The van der Waals surface area contributed by atoms with Crippen molar-refractivity contribution in [1.82, 2.24) is 4.90 Å². The van der Waals surface area contributed by atoms with Gasteiger partial charge in [0.05, 0.1) is 60.5 Å². The summed E-state index contributed by atoms with van der Waals surface area (Å²) in [7, 11) is 12.7. The number of nitrogens with one attached hydrogen (secondary N) is 2. The summed E-state index contributed by atoms with van der Waals surface area (Å²) in [5, 5.41) is 27.3. The summed E-state index contributed by atoms with van der Waals surface area (Å²) in [4.78, 5) is 38.2. The van der Waals surface area contributed by atoms with Gasteiger partial charge in [0.25, 0.3) is 0 Å². The first-order chi connectivity index (χ1) is 36.1. The average molecular weight is 1170 g/mol. The number of hydrogen-bond acceptors (Lipinski definition) is 7. The third kappa shape index (κ3) is 17.9. The highest BCUT2D eigenvalue weighted by Gasteiger charge is 2.23. The van der Waals surface area contributed by atoms with Gasteiger partial charge in [0, 0.05) is 36.1 Å². The van der Waals surface area contributed by atoms with Crippen molar-refractivity contribution in [3.8, 4) is 17.2 Å². The Morgan fingerprint density at radius 2 is 0.769 bits per heavy atom. The molecule has 0 fully saturated rings. The fourth-order valence-electron chi connectivity index (χ4n) is 9.36. The van der Waals surface area contributed by atoms with Gasteiger partial charge in [0.15, 0.2) is 0 Å². The van der Waals surface area contributed by atoms with Crippen molar-refractivity contribution in [2.75, 3.05) is 61.9 Å². The predicted molar refractivity (Wildman–Crippen MR) is 302 cm³/mol. The first-order valence-corrected chi connectivity index (χ1v) is 25.6. The monoisotopic (exact) mass is 1160 g/mol. The van der Waals surface area contributed by atoms with Crippen LogP contribution in [0.2, 0.25) is 0 Å². The minimum absolute atomic E-state index is 0. The van der Waals surface area contributed by atoms with Crippen LogP contribution in [-0.4, -0.2) is 100 Å². The van der Waals surface area contributed by atoms with Gasteiger partial charge in [0.2, 0.25) is 0 Å². The van der Waals surface area contributed by atoms with Gasteiger partial charge in [-0.1, -0.05) is 109 Å². The number of halogens is 3. The quantitative estimate of drug-likeness (QED) is 0.104. The van der Waals surface area contributed by atoms with Crippen molar-refractivity contribution >= 4 is 47.0 Å². The Kier molecular flexibility index (Phi) is 25.4. The molecule has 78 heavy (non-hydrogen) atoms. The maximum atomic E-state index is 11.1. The minimum atomic E-state index is -0.826. The first-order valence-electron chi connectivity index (χ1n) is 25.6. The molecule has 15 heteroatoms. The Bertz CT molecular complexity index is 2770. The zero-order chi connectivity index (χ0) is 53.4. The highest BCUT2D eigenvalue weighted by molar-refractivity contribution is 5.88. The molecular weight excluding hydrogens is 1090 g/mol. The molecule has 12 nitrogen and oxygen atoms in total. The average Bonchev–Trinajstić information content (AvgIpc) is 3.77. The summed E-state index contributed by atoms with van der Waals surface area (Å²) in [6.07, 6.45) is 9.61. The van der Waals surface area contributed by atoms with Crippen LogP contribution in [0, 0.1) is 0 Å². The first kappa shape index (κ1) is 63.8. The number of nitrogens with zero attached hydrogens (tertiary/aromatic N) is 1. The summed E-state index contributed by atoms with van der Waals surface area (Å²) >= 11 is 0. The van der Waals surface area contributed by atoms with Crippen molar-refractivity contribution in [1.29, 1.82) is 0 Å². The van der Waals surface area contributed by atoms with Crippen molar-refractivity contribution in [3.05, 3.63) is 212 Å². The van der Waals surface area contributed by atoms with Gasteiger partial charge >= 0.3 is 17.9 Å². The van der Waals surface area contributed by atoms with Gasteiger partial charge < -0.3 is 73.6 Å². The second-order valence-electron chi connectivity index (χ2n) is 20.0. The van der Waals surface area contributed by atoms with E-state index in [0.29, 0.717) is 19.8 Å². The molecule has 414 valence electrons. The zero-order valence-electron chi connectivity index (χ0n) is 45.2. The highest BCUT2D eigenvalue weighted by atomic mass is 79.9. The Morgan fingerprint density at radius 1 is 0.474 bits per heavy atom. The molecule has 9 rings (SSSR count). The van der Waals surface area contributed by atoms with E-state index in [4.69, 9.17) is 29.5 Å². The summed E-state index contributed by atoms with van der Waals surface area (Å²) in [6.45, 7) is 4.60. The maximum Gasteiger partial charge on any atom is 0.307 e. The number of carbonyl (C=O) groups is 3. The Morgan fingerprint density at radius 3 is 1.05 bits per heavy atom. The fraction of sp³-hybridized carbons (Fsp3) is 0.286. The van der Waals surface area contributed by atoms with Crippen molar-refractivity contribution in [2.45, 2.75) is 58.3 Å². The van der Waals surface area contributed by atoms with Crippen LogP contribution >= 0.6 is 12.4 Å². The largest absolute Gasteiger partial charge is 1.00 e. The van der Waals surface area contributed by atoms with Crippen LogP contribution in [0.5, 0.6) is 17.2 Å². The summed E-state index contributed by atoms with van der Waals surface area (Å²) in [6, 6.07) is 41.8. The summed E-state index contributed by atoms with van der Waals surface area (Å²) in [5.74, 6) is -0.0368. The number of benzene rings is 6. The van der Waals surface area contributed by atoms with E-state index in [1.807, 2.05) is 91.0 Å². The number of hydrogen-bond donors (Lipinski definition) is 5. The molecule has 0 saturated carbocycles. The molecule has 6 aromatic rings. The van der Waals surface area contributed by atoms with Gasteiger partial charge in [-0.3, -0.25) is 14.4 Å². The lowest BCUT2D eigenvalue weighted by molar-refractivity contribution is -0.857. The van der Waals surface area contributed by atoms with Crippen molar-refractivity contribution in [2.24, 2.45) is 0 Å². The SMILES string of the molecule is CN(C)CC/C=C1/c2ccccc2COc2ccc(CC(=O)O)cc21.C[NH+](C)CC/C=C1/c2ccccc2COc2ccc(CC(=O)O)cc21.C[NH+](C)CC/C=C1/c2ccccc2COc2ccc(CC(=O)O)cc21.Cl.[Br-].[Cl-]. The predicted octanol–water partition coefficient (Wildman–Crippen LogP) is 2.36. The molecule has 3 aliphatic rings. The molecule has 0 atom stereocenters. The number of carboxylic acids is 3. The number of fused-ring (bicyclic) bond motifs is 6. The third-order valence-corrected chi connectivity index (χ3v) is 13.1. The molecule has 0 aliphatic carbocycles. The Labute approximate surface area is 482 Å². The normalized spacial score (nSPS) is 14.0. The number of rotatable bonds is 15. The van der Waals surface area contributed by atoms with E-state index in [0.717, 1.165) is 128 Å². The van der Waals surface area contributed by atoms with E-state index in [9.17, 15) is 14.4 Å². The molecular formula is C63H72BrCl2N3O9. The van der Waals surface area contributed by atoms with Crippen LogP contribution in [-0.2, 0) is 53.5 Å². The molecule has 0 bridgehead atoms. The lowest BCUT2D eigenvalue weighted by Gasteiger charge is -2.13. The van der Waals surface area contributed by atoms with Crippen LogP contribution in [0.25, 0.3) is 16.7 Å². The fourth-order valence-corrected chi connectivity index (χ4v) is 9.36. The standard InChI is InChI=1S/3C21H23NO3.BrH.2ClH/c3*1-22(2)11-5-8-18-17-7-4-3-6-16(17)14-25-20-10-9-15(12-19(18)20)13-21(23)24;;;/h3*3-4,6-10,12H,5,11,13-14H2,1-2H3,(H,23,24);3*1H/b3*18-8-;;;. The van der Waals surface area contributed by atoms with Gasteiger partial charge in [-0.05, 0) is 124 Å². The Hall–Kier alpha value is -6.71. The van der Waals surface area contributed by atoms with Gasteiger partial charge in [-0.25, -0.2) is 0 Å². The number of carboxylic acid groups (broad SMARTS) is 3.